The van der Waals surface area contributed by atoms with Crippen molar-refractivity contribution in [2.45, 2.75) is 25.9 Å². The number of alkyl halides is 3. The summed E-state index contributed by atoms with van der Waals surface area (Å²) < 4.78 is 55.3. The Bertz CT molecular complexity index is 1230. The number of pyridine rings is 1. The van der Waals surface area contributed by atoms with Crippen LogP contribution in [0.3, 0.4) is 0 Å². The Balaban J connectivity index is 1.46. The molecule has 6 nitrogen and oxygen atoms in total. The van der Waals surface area contributed by atoms with E-state index in [2.05, 4.69) is 25.3 Å². The summed E-state index contributed by atoms with van der Waals surface area (Å²) in [4.78, 5) is 15.4. The lowest BCUT2D eigenvalue weighted by atomic mass is 10.1. The number of fused-ring (bicyclic) bond motifs is 2. The van der Waals surface area contributed by atoms with Gasteiger partial charge in [-0.15, -0.1) is 0 Å². The molecule has 0 bridgehead atoms. The third-order valence-corrected chi connectivity index (χ3v) is 5.53. The summed E-state index contributed by atoms with van der Waals surface area (Å²) in [5.74, 6) is -0.334. The molecule has 0 radical (unpaired) electrons. The van der Waals surface area contributed by atoms with Crippen LogP contribution < -0.4 is 5.32 Å². The second kappa shape index (κ2) is 5.91. The molecule has 150 valence electrons. The third kappa shape index (κ3) is 2.81. The van der Waals surface area contributed by atoms with Crippen LogP contribution in [0.15, 0.2) is 30.9 Å². The largest absolute Gasteiger partial charge is 0.396 e. The molecule has 10 heteroatoms. The number of halogens is 4. The number of nitrogens with zero attached hydrogens (tertiary/aromatic N) is 4. The number of aryl methyl sites for hydroxylation is 1. The minimum Gasteiger partial charge on any atom is -0.353 e. The van der Waals surface area contributed by atoms with Crippen molar-refractivity contribution in [2.75, 3.05) is 11.9 Å². The molecule has 4 aromatic heterocycles. The molecule has 0 aromatic carbocycles. The average molecular weight is 404 g/mol. The van der Waals surface area contributed by atoms with Gasteiger partial charge in [-0.05, 0) is 25.8 Å². The Morgan fingerprint density at radius 1 is 1.24 bits per heavy atom. The number of anilines is 1. The number of imidazole rings is 1. The smallest absolute Gasteiger partial charge is 0.353 e. The Kier molecular flexibility index (Phi) is 3.65. The quantitative estimate of drug-likeness (QED) is 0.492. The van der Waals surface area contributed by atoms with Crippen LogP contribution in [0.4, 0.5) is 23.5 Å². The van der Waals surface area contributed by atoms with E-state index in [1.165, 1.54) is 12.3 Å². The molecule has 1 aliphatic rings. The number of H-pyrrole nitrogens is 1. The van der Waals surface area contributed by atoms with Crippen LogP contribution in [0, 0.1) is 18.2 Å². The summed E-state index contributed by atoms with van der Waals surface area (Å²) >= 11 is 0. The lowest BCUT2D eigenvalue weighted by Crippen LogP contribution is -2.31. The van der Waals surface area contributed by atoms with Gasteiger partial charge in [0.2, 0.25) is 5.95 Å². The van der Waals surface area contributed by atoms with Crippen LogP contribution in [-0.4, -0.2) is 37.1 Å². The van der Waals surface area contributed by atoms with Crippen LogP contribution in [0.2, 0.25) is 0 Å². The fourth-order valence-corrected chi connectivity index (χ4v) is 3.50. The first kappa shape index (κ1) is 17.9. The molecular formula is C19H16F4N6. The fraction of sp³-hybridized carbons (Fsp3) is 0.316. The van der Waals surface area contributed by atoms with Gasteiger partial charge in [0.15, 0.2) is 11.5 Å². The molecular weight excluding hydrogens is 388 g/mol. The second-order valence-corrected chi connectivity index (χ2v) is 7.46. The molecule has 0 unspecified atom stereocenters. The van der Waals surface area contributed by atoms with Crippen molar-refractivity contribution >= 4 is 22.6 Å². The summed E-state index contributed by atoms with van der Waals surface area (Å²) in [6, 6.07) is 1.39. The van der Waals surface area contributed by atoms with Crippen LogP contribution in [0.5, 0.6) is 0 Å². The van der Waals surface area contributed by atoms with E-state index in [1.807, 2.05) is 6.92 Å². The van der Waals surface area contributed by atoms with Crippen molar-refractivity contribution in [3.8, 4) is 11.1 Å². The van der Waals surface area contributed by atoms with Crippen LogP contribution in [0.1, 0.15) is 18.5 Å². The van der Waals surface area contributed by atoms with Gasteiger partial charge in [-0.3, -0.25) is 0 Å². The molecule has 5 rings (SSSR count). The van der Waals surface area contributed by atoms with Crippen molar-refractivity contribution in [2.24, 2.45) is 5.41 Å². The van der Waals surface area contributed by atoms with Gasteiger partial charge in [-0.1, -0.05) is 0 Å². The molecule has 1 saturated carbocycles. The predicted molar refractivity (Wildman–Crippen MR) is 99.0 cm³/mol. The van der Waals surface area contributed by atoms with E-state index >= 15 is 0 Å². The SMILES string of the molecule is Cc1cnc2c(F)cc(-c3c[nH]c4nc(NCC5(C(F)(F)F)CC5)ncc34)cn12. The van der Waals surface area contributed by atoms with E-state index < -0.39 is 17.4 Å². The Labute approximate surface area is 162 Å². The molecule has 4 heterocycles. The van der Waals surface area contributed by atoms with Crippen LogP contribution >= 0.6 is 0 Å². The lowest BCUT2D eigenvalue weighted by Gasteiger charge is -2.19. The maximum absolute atomic E-state index is 14.4. The molecule has 0 spiro atoms. The predicted octanol–water partition coefficient (Wildman–Crippen LogP) is 4.47. The molecule has 1 fully saturated rings. The first-order valence-electron chi connectivity index (χ1n) is 9.06. The van der Waals surface area contributed by atoms with Gasteiger partial charge >= 0.3 is 6.18 Å². The molecule has 4 aromatic rings. The maximum atomic E-state index is 14.4. The van der Waals surface area contributed by atoms with Crippen molar-refractivity contribution in [1.29, 1.82) is 0 Å². The van der Waals surface area contributed by atoms with Crippen molar-refractivity contribution in [1.82, 2.24) is 24.3 Å². The number of nitrogens with one attached hydrogen (secondary N) is 2. The summed E-state index contributed by atoms with van der Waals surface area (Å²) in [5, 5.41) is 3.34. The number of hydrogen-bond donors (Lipinski definition) is 2. The van der Waals surface area contributed by atoms with E-state index in [9.17, 15) is 17.6 Å². The minimum absolute atomic E-state index is 0.111. The topological polar surface area (TPSA) is 70.9 Å². The summed E-state index contributed by atoms with van der Waals surface area (Å²) in [6.07, 6.45) is 2.54. The molecule has 0 amide bonds. The van der Waals surface area contributed by atoms with Gasteiger partial charge in [0.25, 0.3) is 0 Å². The summed E-state index contributed by atoms with van der Waals surface area (Å²) in [7, 11) is 0. The fourth-order valence-electron chi connectivity index (χ4n) is 3.50. The Morgan fingerprint density at radius 3 is 2.76 bits per heavy atom. The Morgan fingerprint density at radius 2 is 2.03 bits per heavy atom. The summed E-state index contributed by atoms with van der Waals surface area (Å²) in [6.45, 7) is 1.57. The van der Waals surface area contributed by atoms with Gasteiger partial charge in [-0.2, -0.15) is 18.2 Å². The highest BCUT2D eigenvalue weighted by atomic mass is 19.4. The Hall–Kier alpha value is -3.17. The van der Waals surface area contributed by atoms with Crippen LogP contribution in [-0.2, 0) is 0 Å². The first-order chi connectivity index (χ1) is 13.8. The standard InChI is InChI=1S/C19H16F4N6/c1-10-5-25-16-14(20)4-11(8-29(10)16)12-6-24-15-13(12)7-26-17(28-15)27-9-18(2-3-18)19(21,22)23/h4-8H,2-3,9H2,1H3,(H2,24,26,27,28). The third-order valence-electron chi connectivity index (χ3n) is 5.53. The minimum atomic E-state index is -4.24. The molecule has 2 N–H and O–H groups in total. The van der Waals surface area contributed by atoms with Crippen LogP contribution in [0.25, 0.3) is 27.8 Å². The van der Waals surface area contributed by atoms with Gasteiger partial charge in [-0.25, -0.2) is 14.4 Å². The van der Waals surface area contributed by atoms with E-state index in [-0.39, 0.29) is 31.0 Å². The monoisotopic (exact) mass is 404 g/mol. The highest BCUT2D eigenvalue weighted by molar-refractivity contribution is 5.93. The highest BCUT2D eigenvalue weighted by Gasteiger charge is 2.62. The van der Waals surface area contributed by atoms with Crippen molar-refractivity contribution < 1.29 is 17.6 Å². The molecule has 0 saturated heterocycles. The second-order valence-electron chi connectivity index (χ2n) is 7.46. The molecule has 1 aliphatic carbocycles. The maximum Gasteiger partial charge on any atom is 0.396 e. The zero-order valence-corrected chi connectivity index (χ0v) is 15.3. The van der Waals surface area contributed by atoms with Crippen molar-refractivity contribution in [3.05, 3.63) is 42.4 Å². The van der Waals surface area contributed by atoms with Gasteiger partial charge < -0.3 is 14.7 Å². The zero-order chi connectivity index (χ0) is 20.4. The number of aromatic amines is 1. The molecule has 29 heavy (non-hydrogen) atoms. The van der Waals surface area contributed by atoms with Gasteiger partial charge in [0.1, 0.15) is 5.65 Å². The van der Waals surface area contributed by atoms with Gasteiger partial charge in [0, 0.05) is 53.5 Å². The molecule has 0 atom stereocenters. The average Bonchev–Trinajstić information content (AvgIpc) is 3.23. The molecule has 0 aliphatic heterocycles. The van der Waals surface area contributed by atoms with Crippen molar-refractivity contribution in [3.63, 3.8) is 0 Å². The first-order valence-corrected chi connectivity index (χ1v) is 9.06. The summed E-state index contributed by atoms with van der Waals surface area (Å²) in [5.41, 5.74) is 1.11. The normalized spacial score (nSPS) is 15.9. The number of hydrogen-bond acceptors (Lipinski definition) is 4. The van der Waals surface area contributed by atoms with Gasteiger partial charge in [0.05, 0.1) is 5.41 Å². The lowest BCUT2D eigenvalue weighted by molar-refractivity contribution is -0.182. The van der Waals surface area contributed by atoms with E-state index in [0.717, 1.165) is 5.69 Å². The number of rotatable bonds is 4. The van der Waals surface area contributed by atoms with E-state index in [1.54, 1.807) is 23.0 Å². The van der Waals surface area contributed by atoms with E-state index in [4.69, 9.17) is 0 Å². The zero-order valence-electron chi connectivity index (χ0n) is 15.3. The highest BCUT2D eigenvalue weighted by Crippen LogP contribution is 2.57. The van der Waals surface area contributed by atoms with E-state index in [0.29, 0.717) is 22.2 Å². The number of aromatic nitrogens is 5.